The first-order chi connectivity index (χ1) is 15.6. The topological polar surface area (TPSA) is 35.6 Å². The van der Waals surface area contributed by atoms with Gasteiger partial charge in [-0.25, -0.2) is 4.39 Å². The molecule has 32 heavy (non-hydrogen) atoms. The molecule has 0 bridgehead atoms. The predicted molar refractivity (Wildman–Crippen MR) is 126 cm³/mol. The van der Waals surface area contributed by atoms with Crippen molar-refractivity contribution in [1.29, 1.82) is 0 Å². The second kappa shape index (κ2) is 8.65. The molecule has 0 saturated carbocycles. The Bertz CT molecular complexity index is 1100. The van der Waals surface area contributed by atoms with E-state index >= 15 is 0 Å². The summed E-state index contributed by atoms with van der Waals surface area (Å²) < 4.78 is 14.5. The van der Waals surface area contributed by atoms with Crippen molar-refractivity contribution in [1.82, 2.24) is 5.32 Å². The number of benzene rings is 3. The molecule has 3 atom stereocenters. The van der Waals surface area contributed by atoms with Gasteiger partial charge in [-0.05, 0) is 42.7 Å². The van der Waals surface area contributed by atoms with Gasteiger partial charge in [0.2, 0.25) is 5.91 Å². The first kappa shape index (κ1) is 20.6. The minimum Gasteiger partial charge on any atom is -0.365 e. The molecule has 1 saturated heterocycles. The molecule has 0 aliphatic carbocycles. The third kappa shape index (κ3) is 3.83. The lowest BCUT2D eigenvalue weighted by molar-refractivity contribution is -0.126. The van der Waals surface area contributed by atoms with Crippen LogP contribution in [0, 0.1) is 11.7 Å². The first-order valence-corrected chi connectivity index (χ1v) is 11.3. The fraction of sp³-hybridized carbons (Fsp3) is 0.296. The molecule has 4 nitrogen and oxygen atoms in total. The van der Waals surface area contributed by atoms with E-state index in [1.807, 2.05) is 55.5 Å². The van der Waals surface area contributed by atoms with Crippen LogP contribution < -0.4 is 15.1 Å². The number of carbonyl (C=O) groups excluding carboxylic acids is 1. The number of halogens is 1. The Morgan fingerprint density at radius 1 is 0.938 bits per heavy atom. The largest absolute Gasteiger partial charge is 0.365 e. The van der Waals surface area contributed by atoms with Gasteiger partial charge in [0.25, 0.3) is 0 Å². The van der Waals surface area contributed by atoms with E-state index < -0.39 is 0 Å². The van der Waals surface area contributed by atoms with Crippen LogP contribution >= 0.6 is 0 Å². The van der Waals surface area contributed by atoms with Crippen molar-refractivity contribution in [3.63, 3.8) is 0 Å². The molecule has 0 aromatic heterocycles. The number of hydrogen-bond donors (Lipinski definition) is 1. The van der Waals surface area contributed by atoms with Gasteiger partial charge in [-0.2, -0.15) is 0 Å². The minimum absolute atomic E-state index is 0.0128. The Morgan fingerprint density at radius 3 is 2.41 bits per heavy atom. The smallest absolute Gasteiger partial charge is 0.226 e. The summed E-state index contributed by atoms with van der Waals surface area (Å²) in [5.41, 5.74) is 4.11. The van der Waals surface area contributed by atoms with Crippen LogP contribution in [-0.2, 0) is 11.2 Å². The van der Waals surface area contributed by atoms with Crippen LogP contribution in [0.4, 0.5) is 15.8 Å². The zero-order chi connectivity index (χ0) is 22.1. The second-order valence-electron chi connectivity index (χ2n) is 8.74. The number of hydrogen-bond acceptors (Lipinski definition) is 3. The lowest BCUT2D eigenvalue weighted by Gasteiger charge is -2.49. The van der Waals surface area contributed by atoms with Gasteiger partial charge in [0.05, 0.1) is 23.7 Å². The van der Waals surface area contributed by atoms with E-state index in [0.717, 1.165) is 18.7 Å². The van der Waals surface area contributed by atoms with Gasteiger partial charge >= 0.3 is 0 Å². The van der Waals surface area contributed by atoms with Gasteiger partial charge in [-0.15, -0.1) is 0 Å². The average molecular weight is 430 g/mol. The Balaban J connectivity index is 1.43. The summed E-state index contributed by atoms with van der Waals surface area (Å²) in [5, 5.41) is 3.24. The maximum absolute atomic E-state index is 14.5. The van der Waals surface area contributed by atoms with E-state index in [4.69, 9.17) is 0 Å². The molecule has 3 aromatic carbocycles. The van der Waals surface area contributed by atoms with E-state index in [-0.39, 0.29) is 29.7 Å². The van der Waals surface area contributed by atoms with Gasteiger partial charge in [0.15, 0.2) is 0 Å². The summed E-state index contributed by atoms with van der Waals surface area (Å²) >= 11 is 0. The van der Waals surface area contributed by atoms with E-state index in [1.54, 1.807) is 6.07 Å². The molecule has 0 radical (unpaired) electrons. The maximum atomic E-state index is 14.5. The quantitative estimate of drug-likeness (QED) is 0.660. The standard InChI is InChI=1S/C27H28FN3O/c1-19(20-9-3-2-4-10-20)29-27(32)22-17-21-11-5-7-13-24(21)31-16-15-30(18-26(22)31)25-14-8-6-12-23(25)28/h2-14,19,22,26H,15-18H2,1H3,(H,29,32). The van der Waals surface area contributed by atoms with E-state index in [1.165, 1.54) is 17.3 Å². The van der Waals surface area contributed by atoms with Crippen LogP contribution in [0.1, 0.15) is 24.1 Å². The number of anilines is 2. The van der Waals surface area contributed by atoms with E-state index in [0.29, 0.717) is 18.7 Å². The zero-order valence-corrected chi connectivity index (χ0v) is 18.2. The van der Waals surface area contributed by atoms with Gasteiger partial charge < -0.3 is 15.1 Å². The highest BCUT2D eigenvalue weighted by Gasteiger charge is 2.42. The molecule has 0 spiro atoms. The molecule has 5 heteroatoms. The molecule has 164 valence electrons. The molecule has 3 aromatic rings. The molecular weight excluding hydrogens is 401 g/mol. The molecule has 3 unspecified atom stereocenters. The highest BCUT2D eigenvalue weighted by Crippen LogP contribution is 2.37. The van der Waals surface area contributed by atoms with Crippen LogP contribution in [0.3, 0.4) is 0 Å². The highest BCUT2D eigenvalue weighted by molar-refractivity contribution is 5.82. The molecule has 2 heterocycles. The monoisotopic (exact) mass is 429 g/mol. The second-order valence-corrected chi connectivity index (χ2v) is 8.74. The number of fused-ring (bicyclic) bond motifs is 3. The molecular formula is C27H28FN3O. The minimum atomic E-state index is -0.212. The van der Waals surface area contributed by atoms with Crippen molar-refractivity contribution >= 4 is 17.3 Å². The van der Waals surface area contributed by atoms with Crippen LogP contribution in [-0.4, -0.2) is 31.6 Å². The lowest BCUT2D eigenvalue weighted by Crippen LogP contribution is -2.61. The number of carbonyl (C=O) groups is 1. The highest BCUT2D eigenvalue weighted by atomic mass is 19.1. The van der Waals surface area contributed by atoms with Crippen molar-refractivity contribution < 1.29 is 9.18 Å². The number of rotatable bonds is 4. The summed E-state index contributed by atoms with van der Waals surface area (Å²) in [5.74, 6) is -0.359. The lowest BCUT2D eigenvalue weighted by atomic mass is 9.83. The summed E-state index contributed by atoms with van der Waals surface area (Å²) in [6, 6.07) is 25.2. The van der Waals surface area contributed by atoms with Crippen LogP contribution in [0.2, 0.25) is 0 Å². The Hall–Kier alpha value is -3.34. The van der Waals surface area contributed by atoms with Crippen molar-refractivity contribution in [2.45, 2.75) is 25.4 Å². The first-order valence-electron chi connectivity index (χ1n) is 11.3. The molecule has 1 fully saturated rings. The van der Waals surface area contributed by atoms with Crippen molar-refractivity contribution in [3.8, 4) is 0 Å². The van der Waals surface area contributed by atoms with Gasteiger partial charge in [0, 0.05) is 25.3 Å². The summed E-state index contributed by atoms with van der Waals surface area (Å²) in [7, 11) is 0. The number of piperazine rings is 1. The molecule has 1 N–H and O–H groups in total. The molecule has 2 aliphatic heterocycles. The maximum Gasteiger partial charge on any atom is 0.226 e. The van der Waals surface area contributed by atoms with Gasteiger partial charge in [0.1, 0.15) is 5.82 Å². The Labute approximate surface area is 188 Å². The van der Waals surface area contributed by atoms with Crippen molar-refractivity contribution in [2.75, 3.05) is 29.4 Å². The van der Waals surface area contributed by atoms with Crippen molar-refractivity contribution in [2.24, 2.45) is 5.92 Å². The normalized spacial score (nSPS) is 20.8. The van der Waals surface area contributed by atoms with E-state index in [9.17, 15) is 9.18 Å². The third-order valence-corrected chi connectivity index (χ3v) is 6.81. The Morgan fingerprint density at radius 2 is 1.62 bits per heavy atom. The number of nitrogens with zero attached hydrogens (tertiary/aromatic N) is 2. The summed E-state index contributed by atoms with van der Waals surface area (Å²) in [6.07, 6.45) is 0.690. The fourth-order valence-electron chi connectivity index (χ4n) is 5.13. The van der Waals surface area contributed by atoms with Crippen LogP contribution in [0.5, 0.6) is 0 Å². The average Bonchev–Trinajstić information content (AvgIpc) is 2.84. The number of nitrogens with one attached hydrogen (secondary N) is 1. The Kier molecular flexibility index (Phi) is 5.56. The number of para-hydroxylation sites is 2. The van der Waals surface area contributed by atoms with E-state index in [2.05, 4.69) is 33.3 Å². The van der Waals surface area contributed by atoms with Crippen LogP contribution in [0.15, 0.2) is 78.9 Å². The summed E-state index contributed by atoms with van der Waals surface area (Å²) in [4.78, 5) is 18.0. The number of amides is 1. The molecule has 2 aliphatic rings. The molecule has 5 rings (SSSR count). The van der Waals surface area contributed by atoms with Gasteiger partial charge in [-0.3, -0.25) is 4.79 Å². The summed E-state index contributed by atoms with van der Waals surface area (Å²) in [6.45, 7) is 4.12. The van der Waals surface area contributed by atoms with Gasteiger partial charge in [-0.1, -0.05) is 60.7 Å². The fourth-order valence-corrected chi connectivity index (χ4v) is 5.13. The molecule has 1 amide bonds. The third-order valence-electron chi connectivity index (χ3n) is 6.81. The van der Waals surface area contributed by atoms with Crippen LogP contribution in [0.25, 0.3) is 0 Å². The SMILES string of the molecule is CC(NC(=O)C1Cc2ccccc2N2CCN(c3ccccc3F)CC12)c1ccccc1. The predicted octanol–water partition coefficient (Wildman–Crippen LogP) is 4.57. The zero-order valence-electron chi connectivity index (χ0n) is 18.2. The van der Waals surface area contributed by atoms with Crippen molar-refractivity contribution in [3.05, 3.63) is 95.8 Å².